The van der Waals surface area contributed by atoms with Crippen LogP contribution in [0.4, 0.5) is 0 Å². The molecule has 3 rings (SSSR count). The van der Waals surface area contributed by atoms with Gasteiger partial charge in [0.2, 0.25) is 0 Å². The van der Waals surface area contributed by atoms with Gasteiger partial charge >= 0.3 is 0 Å². The lowest BCUT2D eigenvalue weighted by molar-refractivity contribution is 0.110. The van der Waals surface area contributed by atoms with Crippen LogP contribution in [0.3, 0.4) is 0 Å². The third-order valence-electron chi connectivity index (χ3n) is 5.52. The predicted octanol–water partition coefficient (Wildman–Crippen LogP) is 3.18. The van der Waals surface area contributed by atoms with Crippen LogP contribution in [0.2, 0.25) is 0 Å². The zero-order chi connectivity index (χ0) is 19.8. The number of benzene rings is 1. The summed E-state index contributed by atoms with van der Waals surface area (Å²) in [4.78, 5) is 7.04. The van der Waals surface area contributed by atoms with Crippen molar-refractivity contribution in [2.75, 3.05) is 46.5 Å². The van der Waals surface area contributed by atoms with Crippen LogP contribution in [-0.2, 0) is 11.3 Å². The Hall–Kier alpha value is -1.06. The van der Waals surface area contributed by atoms with E-state index in [4.69, 9.17) is 9.47 Å². The molecule has 1 saturated heterocycles. The van der Waals surface area contributed by atoms with E-state index in [1.54, 1.807) is 0 Å². The Bertz CT molecular complexity index is 652. The second-order valence-electron chi connectivity index (χ2n) is 7.84. The number of likely N-dealkylation sites (tertiary alicyclic amines) is 1. The van der Waals surface area contributed by atoms with Gasteiger partial charge in [-0.15, -0.1) is 24.0 Å². The average Bonchev–Trinajstić information content (AvgIpc) is 3.45. The second kappa shape index (κ2) is 12.6. The predicted molar refractivity (Wildman–Crippen MR) is 129 cm³/mol. The maximum atomic E-state index is 5.94. The van der Waals surface area contributed by atoms with Crippen molar-refractivity contribution in [1.29, 1.82) is 0 Å². The quantitative estimate of drug-likeness (QED) is 0.217. The first-order chi connectivity index (χ1) is 13.7. The molecule has 0 aromatic heterocycles. The largest absolute Gasteiger partial charge is 0.491 e. The summed E-state index contributed by atoms with van der Waals surface area (Å²) < 4.78 is 11.3. The zero-order valence-electron chi connectivity index (χ0n) is 18.1. The van der Waals surface area contributed by atoms with Gasteiger partial charge in [-0.2, -0.15) is 0 Å². The number of nitrogens with one attached hydrogen (secondary N) is 2. The van der Waals surface area contributed by atoms with Crippen LogP contribution in [0.5, 0.6) is 5.75 Å². The standard InChI is InChI=1S/C22H36N4O2.HI/c1-4-27-11-12-28-21-13-17(2)5-6-19(21)15-25-22(23-3)24-14-18-9-10-26(16-18)20-7-8-20;/h5-6,13,18,20H,4,7-12,14-16H2,1-3H3,(H2,23,24,25);1H. The highest BCUT2D eigenvalue weighted by atomic mass is 127. The molecular weight excluding hydrogens is 479 g/mol. The summed E-state index contributed by atoms with van der Waals surface area (Å²) in [6.07, 6.45) is 4.08. The number of ether oxygens (including phenoxy) is 2. The van der Waals surface area contributed by atoms with Crippen molar-refractivity contribution in [3.8, 4) is 5.75 Å². The van der Waals surface area contributed by atoms with Crippen molar-refractivity contribution in [2.45, 2.75) is 45.7 Å². The van der Waals surface area contributed by atoms with Gasteiger partial charge in [0.25, 0.3) is 0 Å². The lowest BCUT2D eigenvalue weighted by Crippen LogP contribution is -2.40. The minimum atomic E-state index is 0. The summed E-state index contributed by atoms with van der Waals surface area (Å²) in [5.74, 6) is 2.49. The third-order valence-corrected chi connectivity index (χ3v) is 5.52. The van der Waals surface area contributed by atoms with E-state index in [9.17, 15) is 0 Å². The van der Waals surface area contributed by atoms with Gasteiger partial charge in [-0.25, -0.2) is 0 Å². The Balaban J connectivity index is 0.00000300. The first-order valence-electron chi connectivity index (χ1n) is 10.7. The molecule has 1 aliphatic heterocycles. The number of aliphatic imine (C=N–C) groups is 1. The summed E-state index contributed by atoms with van der Waals surface area (Å²) in [6, 6.07) is 7.21. The van der Waals surface area contributed by atoms with E-state index in [2.05, 4.69) is 45.6 Å². The van der Waals surface area contributed by atoms with E-state index in [1.165, 1.54) is 37.9 Å². The van der Waals surface area contributed by atoms with E-state index >= 15 is 0 Å². The monoisotopic (exact) mass is 516 g/mol. The molecule has 29 heavy (non-hydrogen) atoms. The maximum Gasteiger partial charge on any atom is 0.191 e. The molecule has 6 nitrogen and oxygen atoms in total. The van der Waals surface area contributed by atoms with Gasteiger partial charge in [0.1, 0.15) is 12.4 Å². The van der Waals surface area contributed by atoms with E-state index in [0.29, 0.717) is 26.4 Å². The zero-order valence-corrected chi connectivity index (χ0v) is 20.4. The molecule has 0 amide bonds. The molecule has 1 saturated carbocycles. The molecule has 2 N–H and O–H groups in total. The molecule has 1 atom stereocenters. The normalized spacial score (nSPS) is 19.7. The van der Waals surface area contributed by atoms with Crippen LogP contribution < -0.4 is 15.4 Å². The van der Waals surface area contributed by atoms with Crippen LogP contribution in [0.1, 0.15) is 37.3 Å². The van der Waals surface area contributed by atoms with E-state index in [-0.39, 0.29) is 24.0 Å². The topological polar surface area (TPSA) is 58.1 Å². The number of aryl methyl sites for hydroxylation is 1. The van der Waals surface area contributed by atoms with Gasteiger partial charge in [-0.05, 0) is 57.2 Å². The van der Waals surface area contributed by atoms with Crippen molar-refractivity contribution < 1.29 is 9.47 Å². The highest BCUT2D eigenvalue weighted by Crippen LogP contribution is 2.31. The first-order valence-corrected chi connectivity index (χ1v) is 10.7. The molecule has 0 spiro atoms. The SMILES string of the molecule is CCOCCOc1cc(C)ccc1CNC(=NC)NCC1CCN(C2CC2)C1.I. The fourth-order valence-electron chi connectivity index (χ4n) is 3.74. The summed E-state index contributed by atoms with van der Waals surface area (Å²) in [7, 11) is 1.83. The van der Waals surface area contributed by atoms with Gasteiger partial charge < -0.3 is 25.0 Å². The van der Waals surface area contributed by atoms with E-state index in [1.807, 2.05) is 14.0 Å². The molecule has 1 heterocycles. The van der Waals surface area contributed by atoms with Gasteiger partial charge in [-0.1, -0.05) is 12.1 Å². The van der Waals surface area contributed by atoms with Gasteiger partial charge in [0.15, 0.2) is 5.96 Å². The van der Waals surface area contributed by atoms with Gasteiger partial charge in [-0.3, -0.25) is 4.99 Å². The molecule has 1 aromatic rings. The highest BCUT2D eigenvalue weighted by molar-refractivity contribution is 14.0. The minimum Gasteiger partial charge on any atom is -0.491 e. The van der Waals surface area contributed by atoms with Gasteiger partial charge in [0.05, 0.1) is 6.61 Å². The number of hydrogen-bond acceptors (Lipinski definition) is 4. The van der Waals surface area contributed by atoms with Crippen LogP contribution in [0, 0.1) is 12.8 Å². The molecule has 2 aliphatic rings. The van der Waals surface area contributed by atoms with Crippen LogP contribution in [-0.4, -0.2) is 63.4 Å². The Labute approximate surface area is 192 Å². The maximum absolute atomic E-state index is 5.94. The highest BCUT2D eigenvalue weighted by Gasteiger charge is 2.34. The number of rotatable bonds is 10. The molecule has 164 valence electrons. The van der Waals surface area contributed by atoms with Crippen molar-refractivity contribution >= 4 is 29.9 Å². The lowest BCUT2D eigenvalue weighted by atomic mass is 10.1. The number of hydrogen-bond donors (Lipinski definition) is 2. The van der Waals surface area contributed by atoms with E-state index < -0.39 is 0 Å². The average molecular weight is 516 g/mol. The second-order valence-corrected chi connectivity index (χ2v) is 7.84. The Morgan fingerprint density at radius 3 is 2.76 bits per heavy atom. The minimum absolute atomic E-state index is 0. The van der Waals surface area contributed by atoms with Crippen molar-refractivity contribution in [3.05, 3.63) is 29.3 Å². The lowest BCUT2D eigenvalue weighted by Gasteiger charge is -2.18. The van der Waals surface area contributed by atoms with Crippen molar-refractivity contribution in [2.24, 2.45) is 10.9 Å². The summed E-state index contributed by atoms with van der Waals surface area (Å²) >= 11 is 0. The number of halogens is 1. The van der Waals surface area contributed by atoms with Gasteiger partial charge in [0, 0.05) is 44.9 Å². The first kappa shape index (κ1) is 24.2. The number of nitrogens with zero attached hydrogens (tertiary/aromatic N) is 2. The molecule has 2 fully saturated rings. The Morgan fingerprint density at radius 2 is 2.03 bits per heavy atom. The molecule has 0 bridgehead atoms. The fourth-order valence-corrected chi connectivity index (χ4v) is 3.74. The molecule has 1 aromatic carbocycles. The number of guanidine groups is 1. The summed E-state index contributed by atoms with van der Waals surface area (Å²) in [5, 5.41) is 6.94. The summed E-state index contributed by atoms with van der Waals surface area (Å²) in [5.41, 5.74) is 2.32. The Morgan fingerprint density at radius 1 is 1.21 bits per heavy atom. The van der Waals surface area contributed by atoms with Crippen LogP contribution >= 0.6 is 24.0 Å². The molecule has 1 unspecified atom stereocenters. The van der Waals surface area contributed by atoms with Crippen LogP contribution in [0.25, 0.3) is 0 Å². The van der Waals surface area contributed by atoms with E-state index in [0.717, 1.165) is 35.8 Å². The Kier molecular flexibility index (Phi) is 10.5. The smallest absolute Gasteiger partial charge is 0.191 e. The van der Waals surface area contributed by atoms with Crippen molar-refractivity contribution in [3.63, 3.8) is 0 Å². The van der Waals surface area contributed by atoms with Crippen molar-refractivity contribution in [1.82, 2.24) is 15.5 Å². The molecule has 7 heteroatoms. The molecule has 0 radical (unpaired) electrons. The third kappa shape index (κ3) is 7.94. The summed E-state index contributed by atoms with van der Waals surface area (Å²) in [6.45, 7) is 10.1. The fraction of sp³-hybridized carbons (Fsp3) is 0.682. The molecule has 1 aliphatic carbocycles. The molecular formula is C22H37IN4O2. The van der Waals surface area contributed by atoms with Crippen LogP contribution in [0.15, 0.2) is 23.2 Å².